The van der Waals surface area contributed by atoms with Crippen molar-refractivity contribution in [2.24, 2.45) is 0 Å². The number of carbonyl (C=O) groups is 1. The summed E-state index contributed by atoms with van der Waals surface area (Å²) in [7, 11) is 0. The van der Waals surface area contributed by atoms with Crippen molar-refractivity contribution < 1.29 is 13.9 Å². The molecule has 0 radical (unpaired) electrons. The van der Waals surface area contributed by atoms with E-state index in [0.29, 0.717) is 21.7 Å². The smallest absolute Gasteiger partial charge is 0.347 e. The Morgan fingerprint density at radius 1 is 1.32 bits per heavy atom. The van der Waals surface area contributed by atoms with Gasteiger partial charge in [-0.25, -0.2) is 9.78 Å². The number of para-hydroxylation sites is 1. The molecule has 0 atom stereocenters. The SMILES string of the molecule is O=C(Oc1cncc(Cl)c1)c1cccc2ncoc12. The lowest BCUT2D eigenvalue weighted by molar-refractivity contribution is 0.0735. The van der Waals surface area contributed by atoms with E-state index in [1.807, 2.05) is 0 Å². The van der Waals surface area contributed by atoms with Gasteiger partial charge in [0.05, 0.1) is 11.2 Å². The van der Waals surface area contributed by atoms with E-state index in [-0.39, 0.29) is 5.75 Å². The number of nitrogens with zero attached hydrogens (tertiary/aromatic N) is 2. The van der Waals surface area contributed by atoms with Crippen LogP contribution in [0.2, 0.25) is 5.02 Å². The number of rotatable bonds is 2. The van der Waals surface area contributed by atoms with E-state index in [9.17, 15) is 4.79 Å². The van der Waals surface area contributed by atoms with Gasteiger partial charge in [-0.05, 0) is 12.1 Å². The molecule has 0 fully saturated rings. The second-order valence-corrected chi connectivity index (χ2v) is 4.17. The molecule has 0 aliphatic rings. The van der Waals surface area contributed by atoms with Crippen LogP contribution in [0.25, 0.3) is 11.1 Å². The van der Waals surface area contributed by atoms with Crippen LogP contribution in [0.5, 0.6) is 5.75 Å². The molecular formula is C13H7ClN2O3. The molecule has 6 heteroatoms. The van der Waals surface area contributed by atoms with E-state index in [0.717, 1.165) is 0 Å². The number of hydrogen-bond acceptors (Lipinski definition) is 5. The van der Waals surface area contributed by atoms with Crippen molar-refractivity contribution in [3.63, 3.8) is 0 Å². The molecule has 0 N–H and O–H groups in total. The van der Waals surface area contributed by atoms with Crippen molar-refractivity contribution in [1.82, 2.24) is 9.97 Å². The second kappa shape index (κ2) is 4.70. The molecule has 1 aromatic carbocycles. The third-order valence-electron chi connectivity index (χ3n) is 2.47. The van der Waals surface area contributed by atoms with Crippen molar-refractivity contribution in [2.45, 2.75) is 0 Å². The third kappa shape index (κ3) is 2.28. The quantitative estimate of drug-likeness (QED) is 0.672. The fourth-order valence-corrected chi connectivity index (χ4v) is 1.82. The number of oxazole rings is 1. The number of halogens is 1. The highest BCUT2D eigenvalue weighted by molar-refractivity contribution is 6.30. The number of aromatic nitrogens is 2. The predicted molar refractivity (Wildman–Crippen MR) is 68.2 cm³/mol. The number of ether oxygens (including phenoxy) is 1. The van der Waals surface area contributed by atoms with E-state index < -0.39 is 5.97 Å². The Bertz CT molecular complexity index is 754. The van der Waals surface area contributed by atoms with E-state index in [2.05, 4.69) is 9.97 Å². The molecule has 0 aliphatic heterocycles. The molecule has 0 unspecified atom stereocenters. The summed E-state index contributed by atoms with van der Waals surface area (Å²) in [5.74, 6) is -0.277. The summed E-state index contributed by atoms with van der Waals surface area (Å²) in [4.78, 5) is 19.9. The number of pyridine rings is 1. The Kier molecular flexibility index (Phi) is 2.89. The first-order valence-electron chi connectivity index (χ1n) is 5.39. The first-order valence-corrected chi connectivity index (χ1v) is 5.77. The molecule has 5 nitrogen and oxygen atoms in total. The number of carbonyl (C=O) groups excluding carboxylic acids is 1. The lowest BCUT2D eigenvalue weighted by Gasteiger charge is -2.04. The summed E-state index contributed by atoms with van der Waals surface area (Å²) < 4.78 is 10.4. The van der Waals surface area contributed by atoms with Gasteiger partial charge in [0.25, 0.3) is 0 Å². The molecule has 3 aromatic rings. The van der Waals surface area contributed by atoms with Crippen molar-refractivity contribution >= 4 is 28.7 Å². The molecule has 2 aromatic heterocycles. The van der Waals surface area contributed by atoms with Crippen LogP contribution < -0.4 is 4.74 Å². The summed E-state index contributed by atoms with van der Waals surface area (Å²) >= 11 is 5.77. The summed E-state index contributed by atoms with van der Waals surface area (Å²) in [5, 5.41) is 0.392. The maximum absolute atomic E-state index is 12.1. The maximum Gasteiger partial charge on any atom is 0.347 e. The lowest BCUT2D eigenvalue weighted by atomic mass is 10.2. The predicted octanol–water partition coefficient (Wildman–Crippen LogP) is 3.10. The third-order valence-corrected chi connectivity index (χ3v) is 2.67. The van der Waals surface area contributed by atoms with Gasteiger partial charge in [0.1, 0.15) is 11.1 Å². The van der Waals surface area contributed by atoms with E-state index >= 15 is 0 Å². The molecule has 0 saturated carbocycles. The highest BCUT2D eigenvalue weighted by atomic mass is 35.5. The zero-order valence-electron chi connectivity index (χ0n) is 9.54. The monoisotopic (exact) mass is 274 g/mol. The van der Waals surface area contributed by atoms with Gasteiger partial charge < -0.3 is 9.15 Å². The topological polar surface area (TPSA) is 65.2 Å². The summed E-state index contributed by atoms with van der Waals surface area (Å²) in [6.45, 7) is 0. The number of fused-ring (bicyclic) bond motifs is 1. The normalized spacial score (nSPS) is 10.6. The highest BCUT2D eigenvalue weighted by Gasteiger charge is 2.15. The van der Waals surface area contributed by atoms with Crippen LogP contribution in [0.4, 0.5) is 0 Å². The van der Waals surface area contributed by atoms with Crippen LogP contribution in [-0.4, -0.2) is 15.9 Å². The summed E-state index contributed by atoms with van der Waals surface area (Å²) in [6, 6.07) is 6.56. The molecule has 0 spiro atoms. The first-order chi connectivity index (χ1) is 9.24. The van der Waals surface area contributed by atoms with Gasteiger partial charge in [0.2, 0.25) is 0 Å². The van der Waals surface area contributed by atoms with Gasteiger partial charge in [-0.1, -0.05) is 17.7 Å². The summed E-state index contributed by atoms with van der Waals surface area (Å²) in [6.07, 6.45) is 4.14. The van der Waals surface area contributed by atoms with Crippen LogP contribution in [0, 0.1) is 0 Å². The van der Waals surface area contributed by atoms with Crippen LogP contribution >= 0.6 is 11.6 Å². The Morgan fingerprint density at radius 3 is 3.05 bits per heavy atom. The summed E-state index contributed by atoms with van der Waals surface area (Å²) in [5.41, 5.74) is 1.29. The zero-order chi connectivity index (χ0) is 13.2. The molecule has 0 amide bonds. The zero-order valence-corrected chi connectivity index (χ0v) is 10.3. The lowest BCUT2D eigenvalue weighted by Crippen LogP contribution is -2.08. The van der Waals surface area contributed by atoms with Crippen LogP contribution in [0.15, 0.2) is 47.5 Å². The fraction of sp³-hybridized carbons (Fsp3) is 0. The van der Waals surface area contributed by atoms with Crippen molar-refractivity contribution in [3.05, 3.63) is 53.6 Å². The molecule has 0 bridgehead atoms. The molecule has 3 rings (SSSR count). The molecule has 19 heavy (non-hydrogen) atoms. The minimum atomic E-state index is -0.550. The Balaban J connectivity index is 1.94. The average Bonchev–Trinajstić information content (AvgIpc) is 2.86. The van der Waals surface area contributed by atoms with E-state index in [4.69, 9.17) is 20.8 Å². The molecule has 0 saturated heterocycles. The maximum atomic E-state index is 12.1. The fourth-order valence-electron chi connectivity index (χ4n) is 1.66. The largest absolute Gasteiger partial charge is 0.443 e. The Labute approximate surface area is 112 Å². The van der Waals surface area contributed by atoms with Gasteiger partial charge in [-0.3, -0.25) is 4.98 Å². The van der Waals surface area contributed by atoms with Gasteiger partial charge >= 0.3 is 5.97 Å². The van der Waals surface area contributed by atoms with Crippen LogP contribution in [0.1, 0.15) is 10.4 Å². The van der Waals surface area contributed by atoms with Crippen molar-refractivity contribution in [2.75, 3.05) is 0 Å². The number of benzene rings is 1. The molecular weight excluding hydrogens is 268 g/mol. The number of esters is 1. The highest BCUT2D eigenvalue weighted by Crippen LogP contribution is 2.21. The number of hydrogen-bond donors (Lipinski definition) is 0. The Hall–Kier alpha value is -2.40. The molecule has 94 valence electrons. The second-order valence-electron chi connectivity index (χ2n) is 3.73. The van der Waals surface area contributed by atoms with Crippen molar-refractivity contribution in [3.8, 4) is 5.75 Å². The van der Waals surface area contributed by atoms with E-state index in [1.165, 1.54) is 24.9 Å². The van der Waals surface area contributed by atoms with Gasteiger partial charge in [0.15, 0.2) is 17.7 Å². The van der Waals surface area contributed by atoms with E-state index in [1.54, 1.807) is 18.2 Å². The standard InChI is InChI=1S/C13H7ClN2O3/c14-8-4-9(6-15-5-8)19-13(17)10-2-1-3-11-12(10)18-7-16-11/h1-7H. The minimum Gasteiger partial charge on any atom is -0.443 e. The average molecular weight is 275 g/mol. The van der Waals surface area contributed by atoms with Gasteiger partial charge in [-0.15, -0.1) is 0 Å². The van der Waals surface area contributed by atoms with Crippen molar-refractivity contribution in [1.29, 1.82) is 0 Å². The van der Waals surface area contributed by atoms with Gasteiger partial charge in [-0.2, -0.15) is 0 Å². The van der Waals surface area contributed by atoms with Gasteiger partial charge in [0, 0.05) is 12.3 Å². The molecule has 2 heterocycles. The van der Waals surface area contributed by atoms with Crippen LogP contribution in [-0.2, 0) is 0 Å². The van der Waals surface area contributed by atoms with Crippen LogP contribution in [0.3, 0.4) is 0 Å². The Morgan fingerprint density at radius 2 is 2.21 bits per heavy atom. The minimum absolute atomic E-state index is 0.272. The first kappa shape index (κ1) is 11.7. The molecule has 0 aliphatic carbocycles.